The van der Waals surface area contributed by atoms with Gasteiger partial charge in [0.15, 0.2) is 11.6 Å². The van der Waals surface area contributed by atoms with Crippen LogP contribution < -0.4 is 20.1 Å². The summed E-state index contributed by atoms with van der Waals surface area (Å²) >= 11 is 0. The standard InChI is InChI=1S/C56H50F34N2O4/c1-3-5-7-9-11-13-27-95-34-21-17-32(18-22-34)39(94)24-26-92-37-30-40(96-28-14-12-10-8-6-4-2)35(42(59,60)44(63,64)46(67,68)48(71,72)50(75,76)52(79,80)54(83,84)56(88,89)90)29-36(37)91-25-23-38(93)31-15-19-33(20-16-31)41(57,58)43(61,62)45(65,66)47(69,70)49(73,74)51(77,78)53(81,82)55(85,86)87/h15-26,29-30,91-92H,3-14,27-28H2,1-2H3/b25-23-,26-24-. The van der Waals surface area contributed by atoms with Gasteiger partial charge in [-0.3, -0.25) is 9.59 Å². The van der Waals surface area contributed by atoms with Gasteiger partial charge in [0.25, 0.3) is 0 Å². The van der Waals surface area contributed by atoms with Crippen molar-refractivity contribution in [3.63, 3.8) is 0 Å². The van der Waals surface area contributed by atoms with E-state index in [4.69, 9.17) is 9.47 Å². The normalized spacial score (nSPS) is 14.6. The highest BCUT2D eigenvalue weighted by Crippen LogP contribution is 2.68. The Bertz CT molecular complexity index is 3140. The van der Waals surface area contributed by atoms with Crippen LogP contribution in [-0.2, 0) is 11.8 Å². The van der Waals surface area contributed by atoms with Crippen molar-refractivity contribution in [1.29, 1.82) is 0 Å². The van der Waals surface area contributed by atoms with Crippen LogP contribution in [0.1, 0.15) is 123 Å². The minimum Gasteiger partial charge on any atom is -0.494 e. The van der Waals surface area contributed by atoms with Crippen LogP contribution in [0.5, 0.6) is 11.5 Å². The molecule has 0 heterocycles. The number of carbonyl (C=O) groups excluding carboxylic acids is 2. The fourth-order valence-corrected chi connectivity index (χ4v) is 8.16. The van der Waals surface area contributed by atoms with Gasteiger partial charge in [0.05, 0.1) is 30.2 Å². The maximum absolute atomic E-state index is 16.3. The molecule has 2 N–H and O–H groups in total. The summed E-state index contributed by atoms with van der Waals surface area (Å²) in [4.78, 5) is 26.2. The highest BCUT2D eigenvalue weighted by Gasteiger charge is 2.97. The quantitative estimate of drug-likeness (QED) is 0.0258. The number of hydrogen-bond acceptors (Lipinski definition) is 6. The van der Waals surface area contributed by atoms with Gasteiger partial charge in [-0.2, -0.15) is 149 Å². The first-order valence-corrected chi connectivity index (χ1v) is 27.4. The second-order valence-electron chi connectivity index (χ2n) is 20.9. The monoisotopic (exact) mass is 1460 g/mol. The molecule has 0 aliphatic rings. The number of allylic oxidation sites excluding steroid dienone is 2. The summed E-state index contributed by atoms with van der Waals surface area (Å²) in [6.45, 7) is 2.94. The number of rotatable bonds is 38. The number of hydrogen-bond donors (Lipinski definition) is 2. The van der Waals surface area contributed by atoms with E-state index in [2.05, 4.69) is 5.32 Å². The number of ether oxygens (including phenoxy) is 2. The summed E-state index contributed by atoms with van der Waals surface area (Å²) in [6.07, 6.45) is -8.21. The molecule has 0 atom stereocenters. The Kier molecular flexibility index (Phi) is 25.6. The van der Waals surface area contributed by atoms with Gasteiger partial charge in [0.2, 0.25) is 0 Å². The van der Waals surface area contributed by atoms with Crippen molar-refractivity contribution < 1.29 is 168 Å². The summed E-state index contributed by atoms with van der Waals surface area (Å²) < 4.78 is 494. The van der Waals surface area contributed by atoms with Crippen molar-refractivity contribution in [3.8, 4) is 11.5 Å². The van der Waals surface area contributed by atoms with Crippen LogP contribution in [0, 0.1) is 0 Å². The predicted octanol–water partition coefficient (Wildman–Crippen LogP) is 21.7. The van der Waals surface area contributed by atoms with E-state index in [9.17, 15) is 124 Å². The highest BCUT2D eigenvalue weighted by molar-refractivity contribution is 6.05. The Morgan fingerprint density at radius 1 is 0.344 bits per heavy atom. The van der Waals surface area contributed by atoms with E-state index >= 15 is 35.1 Å². The fraction of sp³-hybridized carbons (Fsp3) is 0.571. The molecule has 3 rings (SSSR count). The topological polar surface area (TPSA) is 76.7 Å². The van der Waals surface area contributed by atoms with Crippen molar-refractivity contribution in [2.75, 3.05) is 23.8 Å². The zero-order valence-electron chi connectivity index (χ0n) is 48.5. The molecule has 0 saturated carbocycles. The first-order valence-electron chi connectivity index (χ1n) is 27.4. The van der Waals surface area contributed by atoms with Crippen molar-refractivity contribution >= 4 is 22.9 Å². The van der Waals surface area contributed by atoms with Gasteiger partial charge in [0.1, 0.15) is 11.5 Å². The Morgan fingerprint density at radius 2 is 0.635 bits per heavy atom. The minimum atomic E-state index is -9.08. The zero-order valence-corrected chi connectivity index (χ0v) is 48.5. The lowest BCUT2D eigenvalue weighted by Gasteiger charge is -2.43. The molecule has 0 amide bonds. The number of nitrogens with one attached hydrogen (secondary N) is 2. The predicted molar refractivity (Wildman–Crippen MR) is 271 cm³/mol. The van der Waals surface area contributed by atoms with Crippen molar-refractivity contribution in [3.05, 3.63) is 107 Å². The van der Waals surface area contributed by atoms with Crippen LogP contribution in [0.4, 0.5) is 161 Å². The number of alkyl halides is 34. The molecule has 0 saturated heterocycles. The molecule has 6 nitrogen and oxygen atoms in total. The molecule has 96 heavy (non-hydrogen) atoms. The van der Waals surface area contributed by atoms with E-state index in [0.29, 0.717) is 38.0 Å². The molecule has 546 valence electrons. The Morgan fingerprint density at radius 3 is 0.990 bits per heavy atom. The lowest BCUT2D eigenvalue weighted by Crippen LogP contribution is -2.74. The number of unbranched alkanes of at least 4 members (excludes halogenated alkanes) is 10. The van der Waals surface area contributed by atoms with E-state index in [1.807, 2.05) is 6.92 Å². The lowest BCUT2D eigenvalue weighted by atomic mass is 9.86. The molecule has 0 bridgehead atoms. The molecule has 0 aliphatic carbocycles. The molecule has 0 aliphatic heterocycles. The first kappa shape index (κ1) is 83.5. The van der Waals surface area contributed by atoms with Gasteiger partial charge in [-0.1, -0.05) is 102 Å². The van der Waals surface area contributed by atoms with Crippen LogP contribution in [-0.4, -0.2) is 108 Å². The van der Waals surface area contributed by atoms with Gasteiger partial charge >= 0.3 is 95.3 Å². The average molecular weight is 1460 g/mol. The van der Waals surface area contributed by atoms with E-state index < -0.39 is 165 Å². The zero-order chi connectivity index (χ0) is 74.4. The van der Waals surface area contributed by atoms with E-state index in [1.165, 1.54) is 24.3 Å². The number of halogens is 34. The second kappa shape index (κ2) is 29.4. The fourth-order valence-electron chi connectivity index (χ4n) is 8.16. The maximum atomic E-state index is 16.3. The van der Waals surface area contributed by atoms with Gasteiger partial charge in [0, 0.05) is 47.3 Å². The van der Waals surface area contributed by atoms with Crippen molar-refractivity contribution in [2.45, 2.75) is 186 Å². The molecule has 0 radical (unpaired) electrons. The molecule has 0 fully saturated rings. The van der Waals surface area contributed by atoms with Gasteiger partial charge in [-0.05, 0) is 43.2 Å². The number of carbonyl (C=O) groups is 2. The molecule has 3 aromatic rings. The molecular weight excluding hydrogens is 1410 g/mol. The Labute approximate surface area is 519 Å². The second-order valence-corrected chi connectivity index (χ2v) is 20.9. The number of ketones is 2. The van der Waals surface area contributed by atoms with E-state index in [0.717, 1.165) is 32.1 Å². The van der Waals surface area contributed by atoms with Crippen molar-refractivity contribution in [2.24, 2.45) is 0 Å². The average Bonchev–Trinajstić information content (AvgIpc) is 0.700. The van der Waals surface area contributed by atoms with Gasteiger partial charge in [-0.25, -0.2) is 0 Å². The summed E-state index contributed by atoms with van der Waals surface area (Å²) in [7, 11) is 0. The third-order valence-corrected chi connectivity index (χ3v) is 14.0. The smallest absolute Gasteiger partial charge is 0.460 e. The Hall–Kier alpha value is -6.70. The summed E-state index contributed by atoms with van der Waals surface area (Å²) in [6, 6.07) is 2.49. The number of benzene rings is 3. The van der Waals surface area contributed by atoms with Crippen LogP contribution >= 0.6 is 0 Å². The van der Waals surface area contributed by atoms with Crippen LogP contribution in [0.3, 0.4) is 0 Å². The Balaban J connectivity index is 2.26. The first-order chi connectivity index (χ1) is 43.3. The van der Waals surface area contributed by atoms with Crippen LogP contribution in [0.2, 0.25) is 0 Å². The molecule has 0 unspecified atom stereocenters. The van der Waals surface area contributed by atoms with E-state index in [-0.39, 0.29) is 67.7 Å². The lowest BCUT2D eigenvalue weighted by molar-refractivity contribution is -0.462. The van der Waals surface area contributed by atoms with E-state index in [1.54, 1.807) is 12.2 Å². The highest BCUT2D eigenvalue weighted by atomic mass is 19.4. The molecule has 3 aromatic carbocycles. The SMILES string of the molecule is CCCCCCCCOc1ccc(C(=O)/C=C\Nc2cc(OCCCCCCCC)c(C(F)(F)C(F)(F)C(F)(F)C(F)(F)C(F)(F)C(F)(F)C(F)(F)C(F)(F)F)cc2N/C=C\C(=O)c2ccc(C(F)(F)C(F)(F)C(F)(F)C(F)(F)C(F)(F)C(F)(F)C(F)(F)C(F)(F)F)cc2)cc1. The largest absolute Gasteiger partial charge is 0.494 e. The maximum Gasteiger partial charge on any atom is 0.460 e. The van der Waals surface area contributed by atoms with Crippen LogP contribution in [0.15, 0.2) is 85.2 Å². The third-order valence-electron chi connectivity index (χ3n) is 14.0. The summed E-state index contributed by atoms with van der Waals surface area (Å²) in [5.74, 6) is -124. The minimum absolute atomic E-state index is 0.0133. The molecular formula is C56H50F34N2O4. The molecule has 40 heteroatoms. The molecule has 0 aromatic heterocycles. The van der Waals surface area contributed by atoms with Crippen molar-refractivity contribution in [1.82, 2.24) is 0 Å². The third kappa shape index (κ3) is 15.4. The van der Waals surface area contributed by atoms with Gasteiger partial charge in [-0.15, -0.1) is 0 Å². The molecule has 0 spiro atoms. The summed E-state index contributed by atoms with van der Waals surface area (Å²) in [5.41, 5.74) is -9.82. The summed E-state index contributed by atoms with van der Waals surface area (Å²) in [5, 5.41) is 3.81. The van der Waals surface area contributed by atoms with Gasteiger partial charge < -0.3 is 20.1 Å². The number of anilines is 2. The van der Waals surface area contributed by atoms with Crippen LogP contribution in [0.25, 0.3) is 0 Å².